The van der Waals surface area contributed by atoms with E-state index < -0.39 is 219 Å². The Morgan fingerprint density at radius 2 is 0.648 bits per heavy atom. The van der Waals surface area contributed by atoms with Gasteiger partial charge >= 0.3 is 37.0 Å². The summed E-state index contributed by atoms with van der Waals surface area (Å²) in [5, 5.41) is 70.3. The number of aromatic nitrogens is 2. The van der Waals surface area contributed by atoms with Gasteiger partial charge in [-0.2, -0.15) is 86.9 Å². The van der Waals surface area contributed by atoms with Crippen molar-refractivity contribution in [1.82, 2.24) is 9.97 Å². The molecule has 5 aromatic carbocycles. The lowest BCUT2D eigenvalue weighted by Crippen LogP contribution is -2.46. The third-order valence-electron chi connectivity index (χ3n) is 17.8. The van der Waals surface area contributed by atoms with Crippen molar-refractivity contribution in [2.45, 2.75) is 248 Å². The summed E-state index contributed by atoms with van der Waals surface area (Å²) in [5.74, 6) is -3.58. The minimum absolute atomic E-state index is 0.0838. The minimum Gasteiger partial charge on any atom is -0.504 e. The predicted octanol–water partition coefficient (Wildman–Crippen LogP) is 18.1. The number of fused-ring (bicyclic) bond motifs is 2. The number of ether oxygens (including phenoxy) is 1. The van der Waals surface area contributed by atoms with Gasteiger partial charge in [-0.1, -0.05) is 73.9 Å². The first-order valence-corrected chi connectivity index (χ1v) is 42.2. The van der Waals surface area contributed by atoms with Gasteiger partial charge in [0, 0.05) is 16.2 Å². The maximum absolute atomic E-state index is 13.3. The molecule has 7 N–H and O–H groups in total. The quantitative estimate of drug-likeness (QED) is 0.0376. The van der Waals surface area contributed by atoms with E-state index >= 15 is 0 Å². The number of halogens is 16. The summed E-state index contributed by atoms with van der Waals surface area (Å²) in [7, 11) is -25.4. The van der Waals surface area contributed by atoms with E-state index in [-0.39, 0.29) is 39.0 Å². The SMILES string of the molecule is CC(C)(C(F)(F)F)S(=O)(=O)c1c(C#N)ccc(N)c1O.CC(C)(C)C(=O)Nc1ccc(C#N)c(S(=O)(=O)C(C)(C)C(F)(F)F)c1O.CC(C)(C)OC(=O)Nc1ccc(C#N)c(S(=O)(=O)C(C)(C)C(F)(F)F)c1O.CC(C)(C)c1nc2ccc(C#N)c(S(=O)(=O)C(C)(C)C(F)(F)F)c2o1.CC(C)(C)c1nc2ccc(Cl)c(S(=O)(=O)C(C)(C)C(F)(F)F)c2o1. The Balaban J connectivity index is 0.000000395. The molecule has 2 amide bonds. The molecule has 0 atom stereocenters. The van der Waals surface area contributed by atoms with Crippen LogP contribution in [0.1, 0.15) is 186 Å². The van der Waals surface area contributed by atoms with Gasteiger partial charge < -0.3 is 39.9 Å². The van der Waals surface area contributed by atoms with Crippen molar-refractivity contribution in [2.24, 2.45) is 5.41 Å². The number of aromatic hydroxyl groups is 3. The van der Waals surface area contributed by atoms with Gasteiger partial charge in [-0.15, -0.1) is 0 Å². The number of nitrogens with zero attached hydrogens (tertiary/aromatic N) is 6. The number of amides is 2. The zero-order valence-electron chi connectivity index (χ0n) is 68.6. The first-order valence-electron chi connectivity index (χ1n) is 34.4. The maximum Gasteiger partial charge on any atom is 0.412 e. The summed E-state index contributed by atoms with van der Waals surface area (Å²) < 4.78 is 324. The number of nitriles is 4. The normalized spacial score (nSPS) is 13.5. The van der Waals surface area contributed by atoms with E-state index in [9.17, 15) is 138 Å². The lowest BCUT2D eigenvalue weighted by atomic mass is 9.95. The lowest BCUT2D eigenvalue weighted by Gasteiger charge is -2.28. The number of alkyl halides is 15. The molecule has 122 heavy (non-hydrogen) atoms. The van der Waals surface area contributed by atoms with Crippen molar-refractivity contribution in [3.8, 4) is 41.5 Å². The Labute approximate surface area is 696 Å². The summed E-state index contributed by atoms with van der Waals surface area (Å²) >= 11 is 5.93. The third-order valence-corrected chi connectivity index (χ3v) is 30.9. The van der Waals surface area contributed by atoms with Crippen molar-refractivity contribution < 1.29 is 146 Å². The largest absolute Gasteiger partial charge is 0.504 e. The van der Waals surface area contributed by atoms with Crippen LogP contribution in [0, 0.1) is 50.7 Å². The van der Waals surface area contributed by atoms with Crippen LogP contribution in [0.4, 0.5) is 87.7 Å². The van der Waals surface area contributed by atoms with Gasteiger partial charge in [0.2, 0.25) is 17.7 Å². The van der Waals surface area contributed by atoms with Crippen molar-refractivity contribution in [3.63, 3.8) is 0 Å². The molecule has 2 heterocycles. The van der Waals surface area contributed by atoms with Crippen LogP contribution in [0.3, 0.4) is 0 Å². The molecule has 0 aliphatic heterocycles. The molecule has 0 saturated heterocycles. The van der Waals surface area contributed by atoms with Gasteiger partial charge in [0.1, 0.15) is 65.4 Å². The minimum atomic E-state index is -5.25. The van der Waals surface area contributed by atoms with Crippen molar-refractivity contribution in [1.29, 1.82) is 21.0 Å². The molecule has 0 aliphatic carbocycles. The van der Waals surface area contributed by atoms with Crippen LogP contribution in [0.5, 0.6) is 17.2 Å². The third kappa shape index (κ3) is 20.9. The molecule has 0 radical (unpaired) electrons. The summed E-state index contributed by atoms with van der Waals surface area (Å²) in [6.07, 6.45) is -26.5. The molecule has 0 saturated carbocycles. The van der Waals surface area contributed by atoms with Gasteiger partial charge in [0.25, 0.3) is 0 Å². The molecule has 0 aliphatic rings. The fourth-order valence-electron chi connectivity index (χ4n) is 8.93. The molecule has 2 aromatic heterocycles. The Morgan fingerprint density at radius 3 is 0.934 bits per heavy atom. The number of phenolic OH excluding ortho intramolecular Hbond substituents is 3. The molecule has 7 aromatic rings. The Bertz CT molecular complexity index is 6020. The topological polar surface area (TPSA) is 472 Å². The van der Waals surface area contributed by atoms with Crippen LogP contribution in [0.25, 0.3) is 22.2 Å². The number of nitrogen functional groups attached to an aromatic ring is 1. The molecule has 0 spiro atoms. The molecule has 0 fully saturated rings. The highest BCUT2D eigenvalue weighted by molar-refractivity contribution is 7.94. The Morgan fingerprint density at radius 1 is 0.393 bits per heavy atom. The number of nitrogens with one attached hydrogen (secondary N) is 2. The van der Waals surface area contributed by atoms with Crippen LogP contribution in [0.2, 0.25) is 5.02 Å². The second-order valence-corrected chi connectivity index (χ2v) is 45.5. The monoisotopic (exact) mass is 1870 g/mol. The molecule has 48 heteroatoms. The number of hydrogen-bond acceptors (Lipinski definition) is 25. The second-order valence-electron chi connectivity index (χ2n) is 32.9. The second kappa shape index (κ2) is 34.6. The van der Waals surface area contributed by atoms with E-state index in [0.29, 0.717) is 69.2 Å². The van der Waals surface area contributed by atoms with Crippen molar-refractivity contribution in [2.75, 3.05) is 16.4 Å². The summed E-state index contributed by atoms with van der Waals surface area (Å²) in [6.45, 7) is 24.8. The van der Waals surface area contributed by atoms with Crippen LogP contribution >= 0.6 is 11.6 Å². The molecule has 0 bridgehead atoms. The van der Waals surface area contributed by atoms with Crippen molar-refractivity contribution >= 4 is 112 Å². The molecule has 27 nitrogen and oxygen atoms in total. The highest BCUT2D eigenvalue weighted by Crippen LogP contribution is 2.51. The smallest absolute Gasteiger partial charge is 0.412 e. The summed E-state index contributed by atoms with van der Waals surface area (Å²) in [6, 6.07) is 16.9. The van der Waals surface area contributed by atoms with E-state index in [2.05, 4.69) is 20.6 Å². The van der Waals surface area contributed by atoms with E-state index in [1.165, 1.54) is 36.4 Å². The van der Waals surface area contributed by atoms with E-state index in [4.69, 9.17) is 46.7 Å². The van der Waals surface area contributed by atoms with Gasteiger partial charge in [0.15, 0.2) is 101 Å². The van der Waals surface area contributed by atoms with Crippen LogP contribution in [-0.4, -0.2) is 140 Å². The number of sulfone groups is 5. The zero-order chi connectivity index (χ0) is 96.2. The van der Waals surface area contributed by atoms with Gasteiger partial charge in [-0.3, -0.25) is 10.1 Å². The highest BCUT2D eigenvalue weighted by Gasteiger charge is 2.63. The first kappa shape index (κ1) is 106. The summed E-state index contributed by atoms with van der Waals surface area (Å²) in [5.41, 5.74) is -1.77. The number of rotatable bonds is 12. The lowest BCUT2D eigenvalue weighted by molar-refractivity contribution is -0.153. The standard InChI is InChI=1S/C16H19F3N2O5S.C16H19F3N2O4S.C16H17F3N2O3S.C15H17ClF3NO3S.C11H11F3N2O3S/c1-14(2,3)26-13(23)21-10-7-6-9(8-20)12(11(10)22)27(24,25)15(4,5)16(17,18)19;1-14(2,3)13(23)21-10-7-6-9(8-20)12(11(10)22)26(24,25)15(4,5)16(17,18)19;1-14(2,3)13-21-10-7-6-9(8-20)12(11(10)24-13)25(22,23)15(4,5)16(17,18)19;1-13(2,3)12-20-9-7-6-8(16)11(10(9)23-12)24(21,22)14(4,5)15(17,18)19;1-10(2,11(12,13)14)20(18,19)9-6(5-15)3-4-7(16)8(9)17/h6-7,22H,1-5H3,(H,21,23);6-7,22H,1-5H3,(H,21,23);6-7H,1-5H3;6-7H,1-5H3;3-4,17H,16H2,1-2H3. The van der Waals surface area contributed by atoms with E-state index in [1.807, 2.05) is 0 Å². The maximum atomic E-state index is 13.3. The average Bonchev–Trinajstić information content (AvgIpc) is 1.36. The number of anilines is 3. The zero-order valence-corrected chi connectivity index (χ0v) is 73.4. The van der Waals surface area contributed by atoms with Gasteiger partial charge in [-0.05, 0) is 151 Å². The van der Waals surface area contributed by atoms with Gasteiger partial charge in [-0.25, -0.2) is 56.9 Å². The number of phenols is 3. The number of carbonyl (C=O) groups excluding carboxylic acids is 2. The summed E-state index contributed by atoms with van der Waals surface area (Å²) in [4.78, 5) is 27.2. The molecule has 7 rings (SSSR count). The Hall–Kier alpha value is -10.1. The predicted molar refractivity (Wildman–Crippen MR) is 413 cm³/mol. The van der Waals surface area contributed by atoms with Crippen LogP contribution in [-0.2, 0) is 69.5 Å². The van der Waals surface area contributed by atoms with E-state index in [1.54, 1.807) is 89.2 Å². The van der Waals surface area contributed by atoms with Crippen LogP contribution in [0.15, 0.2) is 94.0 Å². The molecule has 674 valence electrons. The molecule has 0 unspecified atom stereocenters. The first-order chi connectivity index (χ1) is 54.1. The van der Waals surface area contributed by atoms with Crippen molar-refractivity contribution in [3.05, 3.63) is 99.7 Å². The fraction of sp³-hybridized carbons (Fsp3) is 0.486. The number of oxazole rings is 2. The Kier molecular flexibility index (Phi) is 30.1. The van der Waals surface area contributed by atoms with Crippen LogP contribution < -0.4 is 16.4 Å². The number of nitrogens with two attached hydrogens (primary N) is 1. The molecular formula is C74H83ClF15N9O18S5. The number of hydrogen-bond donors (Lipinski definition) is 6. The van der Waals surface area contributed by atoms with E-state index in [0.717, 1.165) is 42.5 Å². The number of benzene rings is 5. The fourth-order valence-corrected chi connectivity index (χ4v) is 17.3. The van der Waals surface area contributed by atoms with Gasteiger partial charge in [0.05, 0.1) is 44.3 Å². The average molecular weight is 1870 g/mol. The molecular weight excluding hydrogens is 1780 g/mol. The highest BCUT2D eigenvalue weighted by atomic mass is 35.5. The number of carbonyl (C=O) groups is 2.